The number of fused-ring (bicyclic) bond motifs is 1. The molecule has 0 aliphatic rings. The fourth-order valence-corrected chi connectivity index (χ4v) is 1.71. The van der Waals surface area contributed by atoms with Crippen LogP contribution in [0.2, 0.25) is 0 Å². The molecule has 0 amide bonds. The molecule has 3 aromatic rings. The number of aromatic nitrogens is 3. The van der Waals surface area contributed by atoms with Crippen LogP contribution < -0.4 is 5.56 Å². The number of rotatable bonds is 1. The van der Waals surface area contributed by atoms with E-state index in [-0.39, 0.29) is 5.56 Å². The van der Waals surface area contributed by atoms with E-state index in [1.165, 1.54) is 12.5 Å². The molecule has 2 heterocycles. The van der Waals surface area contributed by atoms with Crippen LogP contribution in [-0.4, -0.2) is 15.2 Å². The molecule has 0 atom stereocenters. The minimum absolute atomic E-state index is 0.220. The van der Waals surface area contributed by atoms with Crippen LogP contribution >= 0.6 is 0 Å². The molecule has 3 rings (SSSR count). The summed E-state index contributed by atoms with van der Waals surface area (Å²) in [5.74, 6) is 0. The predicted octanol–water partition coefficient (Wildman–Crippen LogP) is 1.45. The highest BCUT2D eigenvalue weighted by atomic mass is 16.3. The van der Waals surface area contributed by atoms with E-state index in [2.05, 4.69) is 15.2 Å². The Hall–Kier alpha value is -2.94. The molecule has 0 aliphatic heterocycles. The largest absolute Gasteiger partial charge is 0.443 e. The number of nitriles is 1. The number of nitrogens with one attached hydrogen (secondary N) is 1. The quantitative estimate of drug-likeness (QED) is 0.692. The van der Waals surface area contributed by atoms with Gasteiger partial charge >= 0.3 is 0 Å². The molecule has 2 aromatic heterocycles. The van der Waals surface area contributed by atoms with E-state index in [0.29, 0.717) is 16.8 Å². The van der Waals surface area contributed by atoms with Crippen LogP contribution in [0, 0.1) is 11.3 Å². The molecule has 0 unspecified atom stereocenters. The fourth-order valence-electron chi connectivity index (χ4n) is 1.71. The molecule has 1 N–H and O–H groups in total. The number of hydrogen-bond acceptors (Lipinski definition) is 5. The molecular formula is C12H6N4O2. The first-order chi connectivity index (χ1) is 8.78. The summed E-state index contributed by atoms with van der Waals surface area (Å²) in [5, 5.41) is 15.2. The molecule has 0 saturated carbocycles. The van der Waals surface area contributed by atoms with Crippen LogP contribution in [0.5, 0.6) is 0 Å². The molecule has 1 aromatic carbocycles. The third-order valence-electron chi connectivity index (χ3n) is 2.53. The van der Waals surface area contributed by atoms with Crippen LogP contribution in [0.25, 0.3) is 22.4 Å². The average molecular weight is 238 g/mol. The first kappa shape index (κ1) is 10.2. The first-order valence-electron chi connectivity index (χ1n) is 5.11. The lowest BCUT2D eigenvalue weighted by Gasteiger charge is -2.01. The highest BCUT2D eigenvalue weighted by Gasteiger charge is 2.09. The van der Waals surface area contributed by atoms with Gasteiger partial charge in [0.2, 0.25) is 0 Å². The second-order valence-electron chi connectivity index (χ2n) is 3.64. The highest BCUT2D eigenvalue weighted by Crippen LogP contribution is 2.23. The normalized spacial score (nSPS) is 10.4. The standard InChI is InChI=1S/C12H6N4O2/c13-5-8-4-11(17)15-16-12(8)7-1-2-9-10(3-7)18-6-14-9/h1-4,6H,(H,15,17). The van der Waals surface area contributed by atoms with Crippen LogP contribution in [0.3, 0.4) is 0 Å². The maximum atomic E-state index is 11.1. The zero-order valence-corrected chi connectivity index (χ0v) is 9.04. The first-order valence-corrected chi connectivity index (χ1v) is 5.11. The third kappa shape index (κ3) is 1.55. The summed E-state index contributed by atoms with van der Waals surface area (Å²) in [6.45, 7) is 0. The van der Waals surface area contributed by atoms with Gasteiger partial charge in [-0.25, -0.2) is 10.1 Å². The van der Waals surface area contributed by atoms with Crippen molar-refractivity contribution in [2.24, 2.45) is 0 Å². The minimum atomic E-state index is -0.406. The summed E-state index contributed by atoms with van der Waals surface area (Å²) >= 11 is 0. The van der Waals surface area contributed by atoms with Crippen molar-refractivity contribution < 1.29 is 4.42 Å². The van der Waals surface area contributed by atoms with Crippen molar-refractivity contribution in [3.63, 3.8) is 0 Å². The second kappa shape index (κ2) is 3.82. The topological polar surface area (TPSA) is 95.6 Å². The number of oxazole rings is 1. The number of aromatic amines is 1. The molecule has 6 heteroatoms. The molecule has 0 aliphatic carbocycles. The van der Waals surface area contributed by atoms with Gasteiger partial charge < -0.3 is 4.42 Å². The van der Waals surface area contributed by atoms with Gasteiger partial charge in [0, 0.05) is 11.6 Å². The zero-order chi connectivity index (χ0) is 12.5. The molecule has 0 fully saturated rings. The van der Waals surface area contributed by atoms with Gasteiger partial charge in [0.05, 0.1) is 5.56 Å². The van der Waals surface area contributed by atoms with Crippen LogP contribution in [-0.2, 0) is 0 Å². The maximum absolute atomic E-state index is 11.1. The van der Waals surface area contributed by atoms with Crippen molar-refractivity contribution in [1.29, 1.82) is 5.26 Å². The molecule has 0 spiro atoms. The van der Waals surface area contributed by atoms with Gasteiger partial charge in [0.15, 0.2) is 12.0 Å². The summed E-state index contributed by atoms with van der Waals surface area (Å²) in [6.07, 6.45) is 1.35. The van der Waals surface area contributed by atoms with Gasteiger partial charge in [0.25, 0.3) is 5.56 Å². The Morgan fingerprint density at radius 2 is 2.22 bits per heavy atom. The second-order valence-corrected chi connectivity index (χ2v) is 3.64. The lowest BCUT2D eigenvalue weighted by atomic mass is 10.1. The zero-order valence-electron chi connectivity index (χ0n) is 9.04. The van der Waals surface area contributed by atoms with E-state index >= 15 is 0 Å². The number of H-pyrrole nitrogens is 1. The van der Waals surface area contributed by atoms with E-state index in [9.17, 15) is 4.79 Å². The summed E-state index contributed by atoms with van der Waals surface area (Å²) in [7, 11) is 0. The van der Waals surface area contributed by atoms with Crippen LogP contribution in [0.15, 0.2) is 39.9 Å². The smallest absolute Gasteiger partial charge is 0.265 e. The van der Waals surface area contributed by atoms with E-state index in [4.69, 9.17) is 9.68 Å². The molecule has 0 bridgehead atoms. The summed E-state index contributed by atoms with van der Waals surface area (Å²) < 4.78 is 5.18. The van der Waals surface area contributed by atoms with Crippen molar-refractivity contribution in [2.75, 3.05) is 0 Å². The van der Waals surface area contributed by atoms with E-state index in [0.717, 1.165) is 5.52 Å². The highest BCUT2D eigenvalue weighted by molar-refractivity contribution is 5.80. The summed E-state index contributed by atoms with van der Waals surface area (Å²) in [5.41, 5.74) is 2.24. The molecular weight excluding hydrogens is 232 g/mol. The Bertz CT molecular complexity index is 826. The van der Waals surface area contributed by atoms with E-state index in [1.807, 2.05) is 6.07 Å². The summed E-state index contributed by atoms with van der Waals surface area (Å²) in [4.78, 5) is 15.1. The predicted molar refractivity (Wildman–Crippen MR) is 62.6 cm³/mol. The van der Waals surface area contributed by atoms with Gasteiger partial charge in [-0.1, -0.05) is 6.07 Å². The average Bonchev–Trinajstić information content (AvgIpc) is 2.85. The Balaban J connectivity index is 2.25. The van der Waals surface area contributed by atoms with E-state index < -0.39 is 5.56 Å². The van der Waals surface area contributed by atoms with Crippen molar-refractivity contribution in [2.45, 2.75) is 0 Å². The molecule has 0 radical (unpaired) electrons. The lowest BCUT2D eigenvalue weighted by molar-refractivity contribution is 0.602. The van der Waals surface area contributed by atoms with Gasteiger partial charge in [-0.2, -0.15) is 10.4 Å². The monoisotopic (exact) mass is 238 g/mol. The number of nitrogens with zero attached hydrogens (tertiary/aromatic N) is 3. The van der Waals surface area contributed by atoms with Crippen molar-refractivity contribution in [3.05, 3.63) is 46.6 Å². The minimum Gasteiger partial charge on any atom is -0.443 e. The van der Waals surface area contributed by atoms with Gasteiger partial charge in [0.1, 0.15) is 17.3 Å². The number of benzene rings is 1. The Kier molecular flexibility index (Phi) is 2.17. The van der Waals surface area contributed by atoms with Crippen LogP contribution in [0.4, 0.5) is 0 Å². The van der Waals surface area contributed by atoms with Crippen molar-refractivity contribution in [3.8, 4) is 17.3 Å². The molecule has 6 nitrogen and oxygen atoms in total. The Morgan fingerprint density at radius 1 is 1.33 bits per heavy atom. The van der Waals surface area contributed by atoms with Gasteiger partial charge in [-0.05, 0) is 12.1 Å². The number of hydrogen-bond donors (Lipinski definition) is 1. The lowest BCUT2D eigenvalue weighted by Crippen LogP contribution is -2.08. The van der Waals surface area contributed by atoms with Crippen molar-refractivity contribution >= 4 is 11.1 Å². The van der Waals surface area contributed by atoms with Gasteiger partial charge in [-0.3, -0.25) is 4.79 Å². The SMILES string of the molecule is N#Cc1cc(=O)[nH]nc1-c1ccc2ncoc2c1. The summed E-state index contributed by atoms with van der Waals surface area (Å²) in [6, 6.07) is 8.43. The molecule has 86 valence electrons. The van der Waals surface area contributed by atoms with Crippen LogP contribution in [0.1, 0.15) is 5.56 Å². The van der Waals surface area contributed by atoms with E-state index in [1.54, 1.807) is 18.2 Å². The van der Waals surface area contributed by atoms with Crippen molar-refractivity contribution in [1.82, 2.24) is 15.2 Å². The Morgan fingerprint density at radius 3 is 3.06 bits per heavy atom. The molecule has 18 heavy (non-hydrogen) atoms. The maximum Gasteiger partial charge on any atom is 0.265 e. The fraction of sp³-hybridized carbons (Fsp3) is 0. The Labute approximate surface area is 101 Å². The molecule has 0 saturated heterocycles. The third-order valence-corrected chi connectivity index (χ3v) is 2.53. The van der Waals surface area contributed by atoms with Gasteiger partial charge in [-0.15, -0.1) is 0 Å².